The van der Waals surface area contributed by atoms with E-state index >= 15 is 0 Å². The molecule has 1 aliphatic rings. The Hall–Kier alpha value is -2.41. The van der Waals surface area contributed by atoms with Crippen molar-refractivity contribution < 1.29 is 9.59 Å². The maximum absolute atomic E-state index is 12.0. The quantitative estimate of drug-likeness (QED) is 0.840. The largest absolute Gasteiger partial charge is 0.355 e. The van der Waals surface area contributed by atoms with Crippen LogP contribution in [0.2, 0.25) is 0 Å². The van der Waals surface area contributed by atoms with Crippen LogP contribution in [0.3, 0.4) is 0 Å². The summed E-state index contributed by atoms with van der Waals surface area (Å²) in [5.74, 6) is -0.0506. The van der Waals surface area contributed by atoms with Gasteiger partial charge in [0.1, 0.15) is 0 Å². The highest BCUT2D eigenvalue weighted by Crippen LogP contribution is 2.22. The fourth-order valence-electron chi connectivity index (χ4n) is 2.60. The smallest absolute Gasteiger partial charge is 0.323 e. The molecule has 0 saturated carbocycles. The molecule has 6 nitrogen and oxygen atoms in total. The number of aromatic nitrogens is 1. The van der Waals surface area contributed by atoms with Crippen LogP contribution < -0.4 is 15.5 Å². The van der Waals surface area contributed by atoms with Crippen molar-refractivity contribution in [2.75, 3.05) is 24.5 Å². The van der Waals surface area contributed by atoms with Crippen molar-refractivity contribution in [2.45, 2.75) is 19.8 Å². The number of nitrogens with zero attached hydrogens (tertiary/aromatic N) is 2. The predicted molar refractivity (Wildman–Crippen MR) is 94.5 cm³/mol. The zero-order valence-electron chi connectivity index (χ0n) is 13.5. The molecular formula is C17H20N4O2S. The van der Waals surface area contributed by atoms with Gasteiger partial charge in [0.25, 0.3) is 0 Å². The van der Waals surface area contributed by atoms with Crippen LogP contribution in [0, 0.1) is 6.92 Å². The summed E-state index contributed by atoms with van der Waals surface area (Å²) >= 11 is 1.39. The predicted octanol–water partition coefficient (Wildman–Crippen LogP) is 1.88. The fraction of sp³-hybridized carbons (Fsp3) is 0.353. The topological polar surface area (TPSA) is 74.3 Å². The third-order valence-electron chi connectivity index (χ3n) is 3.79. The molecule has 1 saturated heterocycles. The molecule has 126 valence electrons. The number of thiazole rings is 1. The molecule has 24 heavy (non-hydrogen) atoms. The molecule has 0 radical (unpaired) electrons. The summed E-state index contributed by atoms with van der Waals surface area (Å²) < 4.78 is 0. The Morgan fingerprint density at radius 3 is 3.08 bits per heavy atom. The first kappa shape index (κ1) is 16.4. The lowest BCUT2D eigenvalue weighted by molar-refractivity contribution is -0.120. The number of aryl methyl sites for hydroxylation is 1. The van der Waals surface area contributed by atoms with Crippen molar-refractivity contribution in [1.82, 2.24) is 15.6 Å². The van der Waals surface area contributed by atoms with Gasteiger partial charge in [-0.2, -0.15) is 0 Å². The van der Waals surface area contributed by atoms with Crippen molar-refractivity contribution in [3.63, 3.8) is 0 Å². The number of urea groups is 1. The van der Waals surface area contributed by atoms with Crippen LogP contribution in [-0.2, 0) is 17.6 Å². The van der Waals surface area contributed by atoms with Gasteiger partial charge in [0.05, 0.1) is 12.1 Å². The first-order valence-electron chi connectivity index (χ1n) is 7.94. The van der Waals surface area contributed by atoms with Gasteiger partial charge in [0.15, 0.2) is 5.13 Å². The third kappa shape index (κ3) is 4.11. The highest BCUT2D eigenvalue weighted by atomic mass is 32.1. The van der Waals surface area contributed by atoms with Crippen LogP contribution in [-0.4, -0.2) is 36.6 Å². The fourth-order valence-corrected chi connectivity index (χ4v) is 3.45. The highest BCUT2D eigenvalue weighted by Gasteiger charge is 2.23. The standard InChI is InChI=1S/C17H20N4O2S/c1-12-3-2-4-13(9-12)5-6-18-15(22)10-14-11-24-17(20-14)21-8-7-19-16(21)23/h2-4,9,11H,5-8,10H2,1H3,(H,18,22)(H,19,23). The summed E-state index contributed by atoms with van der Waals surface area (Å²) in [6, 6.07) is 8.14. The summed E-state index contributed by atoms with van der Waals surface area (Å²) in [6.45, 7) is 3.91. The van der Waals surface area contributed by atoms with Crippen LogP contribution in [0.5, 0.6) is 0 Å². The minimum absolute atomic E-state index is 0.0506. The Balaban J connectivity index is 1.47. The van der Waals surface area contributed by atoms with Gasteiger partial charge in [0, 0.05) is 25.0 Å². The van der Waals surface area contributed by atoms with E-state index in [-0.39, 0.29) is 18.4 Å². The van der Waals surface area contributed by atoms with E-state index in [1.165, 1.54) is 22.5 Å². The molecule has 7 heteroatoms. The monoisotopic (exact) mass is 344 g/mol. The number of carbonyl (C=O) groups is 2. The SMILES string of the molecule is Cc1cccc(CCNC(=O)Cc2csc(N3CCNC3=O)n2)c1. The molecule has 1 aromatic heterocycles. The van der Waals surface area contributed by atoms with E-state index in [1.54, 1.807) is 4.90 Å². The number of amides is 3. The van der Waals surface area contributed by atoms with E-state index in [4.69, 9.17) is 0 Å². The van der Waals surface area contributed by atoms with E-state index in [9.17, 15) is 9.59 Å². The van der Waals surface area contributed by atoms with Crippen LogP contribution in [0.4, 0.5) is 9.93 Å². The Kier molecular flexibility index (Phi) is 5.10. The van der Waals surface area contributed by atoms with Gasteiger partial charge >= 0.3 is 6.03 Å². The van der Waals surface area contributed by atoms with Crippen molar-refractivity contribution in [3.05, 3.63) is 46.5 Å². The van der Waals surface area contributed by atoms with E-state index in [2.05, 4.69) is 40.7 Å². The van der Waals surface area contributed by atoms with Crippen LogP contribution >= 0.6 is 11.3 Å². The minimum Gasteiger partial charge on any atom is -0.355 e. The van der Waals surface area contributed by atoms with Crippen molar-refractivity contribution in [2.24, 2.45) is 0 Å². The Bertz CT molecular complexity index is 744. The second-order valence-corrected chi connectivity index (χ2v) is 6.61. The van der Waals surface area contributed by atoms with Crippen molar-refractivity contribution in [1.29, 1.82) is 0 Å². The second-order valence-electron chi connectivity index (χ2n) is 5.77. The van der Waals surface area contributed by atoms with Gasteiger partial charge in [-0.3, -0.25) is 9.69 Å². The maximum Gasteiger partial charge on any atom is 0.323 e. The van der Waals surface area contributed by atoms with Gasteiger partial charge in [-0.15, -0.1) is 11.3 Å². The number of hydrogen-bond donors (Lipinski definition) is 2. The lowest BCUT2D eigenvalue weighted by Gasteiger charge is -2.08. The Labute approximate surface area is 144 Å². The summed E-state index contributed by atoms with van der Waals surface area (Å²) in [7, 11) is 0. The molecule has 3 amide bonds. The summed E-state index contributed by atoms with van der Waals surface area (Å²) in [6.07, 6.45) is 1.05. The van der Waals surface area contributed by atoms with Crippen molar-refractivity contribution in [3.8, 4) is 0 Å². The van der Waals surface area contributed by atoms with Gasteiger partial charge in [-0.05, 0) is 18.9 Å². The summed E-state index contributed by atoms with van der Waals surface area (Å²) in [4.78, 5) is 29.6. The van der Waals surface area contributed by atoms with Gasteiger partial charge in [-0.25, -0.2) is 9.78 Å². The molecule has 2 heterocycles. The normalized spacial score (nSPS) is 13.9. The third-order valence-corrected chi connectivity index (χ3v) is 4.70. The van der Waals surface area contributed by atoms with Crippen molar-refractivity contribution >= 4 is 28.4 Å². The molecule has 0 bridgehead atoms. The van der Waals surface area contributed by atoms with Crippen LogP contribution in [0.1, 0.15) is 16.8 Å². The van der Waals surface area contributed by atoms with Crippen LogP contribution in [0.15, 0.2) is 29.6 Å². The number of carbonyl (C=O) groups excluding carboxylic acids is 2. The molecule has 1 aromatic carbocycles. The highest BCUT2D eigenvalue weighted by molar-refractivity contribution is 7.14. The van der Waals surface area contributed by atoms with E-state index < -0.39 is 0 Å². The van der Waals surface area contributed by atoms with Gasteiger partial charge in [-0.1, -0.05) is 29.8 Å². The maximum atomic E-state index is 12.0. The molecule has 2 aromatic rings. The second kappa shape index (κ2) is 7.44. The summed E-state index contributed by atoms with van der Waals surface area (Å²) in [5.41, 5.74) is 3.13. The number of benzene rings is 1. The molecule has 1 aliphatic heterocycles. The molecule has 0 atom stereocenters. The number of nitrogens with one attached hydrogen (secondary N) is 2. The lowest BCUT2D eigenvalue weighted by atomic mass is 10.1. The first-order valence-corrected chi connectivity index (χ1v) is 8.82. The molecule has 0 aliphatic carbocycles. The zero-order chi connectivity index (χ0) is 16.9. The number of hydrogen-bond acceptors (Lipinski definition) is 4. The van der Waals surface area contributed by atoms with Gasteiger partial charge in [0.2, 0.25) is 5.91 Å². The average molecular weight is 344 g/mol. The van der Waals surface area contributed by atoms with Gasteiger partial charge < -0.3 is 10.6 Å². The van der Waals surface area contributed by atoms with E-state index in [0.717, 1.165) is 6.42 Å². The Morgan fingerprint density at radius 1 is 1.46 bits per heavy atom. The molecule has 1 fully saturated rings. The zero-order valence-corrected chi connectivity index (χ0v) is 14.4. The molecule has 2 N–H and O–H groups in total. The Morgan fingerprint density at radius 2 is 2.33 bits per heavy atom. The summed E-state index contributed by atoms with van der Waals surface area (Å²) in [5, 5.41) is 8.14. The molecule has 0 spiro atoms. The molecule has 3 rings (SSSR count). The lowest BCUT2D eigenvalue weighted by Crippen LogP contribution is -2.28. The minimum atomic E-state index is -0.126. The van der Waals surface area contributed by atoms with E-state index in [0.29, 0.717) is 30.5 Å². The van der Waals surface area contributed by atoms with Crippen LogP contribution in [0.25, 0.3) is 0 Å². The number of anilines is 1. The first-order chi connectivity index (χ1) is 11.6. The molecular weight excluding hydrogens is 324 g/mol. The average Bonchev–Trinajstić information content (AvgIpc) is 3.16. The van der Waals surface area contributed by atoms with E-state index in [1.807, 2.05) is 11.4 Å². The number of rotatable bonds is 6. The molecule has 0 unspecified atom stereocenters.